The van der Waals surface area contributed by atoms with Gasteiger partial charge in [0.2, 0.25) is 0 Å². The van der Waals surface area contributed by atoms with E-state index in [1.807, 2.05) is 26.1 Å². The number of nitrogens with zero attached hydrogens (tertiary/aromatic N) is 1. The minimum Gasteiger partial charge on any atom is -0.462 e. The summed E-state index contributed by atoms with van der Waals surface area (Å²) < 4.78 is 5.35. The van der Waals surface area contributed by atoms with Gasteiger partial charge in [-0.2, -0.15) is 0 Å². The zero-order valence-electron chi connectivity index (χ0n) is 7.79. The Balaban J connectivity index is 2.63. The number of nitrogens with one attached hydrogen (secondary N) is 1. The quantitative estimate of drug-likeness (QED) is 0.758. The third-order valence-corrected chi connectivity index (χ3v) is 1.98. The van der Waals surface area contributed by atoms with Gasteiger partial charge < -0.3 is 9.73 Å². The Labute approximate surface area is 76.8 Å². The summed E-state index contributed by atoms with van der Waals surface area (Å²) in [7, 11) is 1.90. The number of hydrogen-bond donors (Lipinski definition) is 1. The fourth-order valence-corrected chi connectivity index (χ4v) is 1.48. The summed E-state index contributed by atoms with van der Waals surface area (Å²) in [6.07, 6.45) is 1.70. The van der Waals surface area contributed by atoms with Gasteiger partial charge in [0, 0.05) is 17.6 Å². The largest absolute Gasteiger partial charge is 0.462 e. The molecular weight excluding hydrogens is 164 g/mol. The maximum absolute atomic E-state index is 5.35. The average molecular weight is 176 g/mol. The molecule has 3 nitrogen and oxygen atoms in total. The zero-order valence-corrected chi connectivity index (χ0v) is 7.79. The van der Waals surface area contributed by atoms with Crippen LogP contribution in [0, 0.1) is 6.92 Å². The molecule has 0 amide bonds. The van der Waals surface area contributed by atoms with Gasteiger partial charge in [-0.3, -0.25) is 4.98 Å². The second kappa shape index (κ2) is 3.18. The Hall–Kier alpha value is -1.35. The molecule has 0 atom stereocenters. The molecule has 68 valence electrons. The molecule has 0 spiro atoms. The van der Waals surface area contributed by atoms with Crippen LogP contribution in [0.25, 0.3) is 11.0 Å². The van der Waals surface area contributed by atoms with Gasteiger partial charge in [0.15, 0.2) is 5.58 Å². The van der Waals surface area contributed by atoms with Crippen LogP contribution in [0.4, 0.5) is 0 Å². The summed E-state index contributed by atoms with van der Waals surface area (Å²) in [5.41, 5.74) is 2.89. The van der Waals surface area contributed by atoms with Crippen LogP contribution in [-0.2, 0) is 6.54 Å². The van der Waals surface area contributed by atoms with Gasteiger partial charge in [-0.1, -0.05) is 0 Å². The van der Waals surface area contributed by atoms with Crippen molar-refractivity contribution in [3.8, 4) is 0 Å². The number of hydrogen-bond acceptors (Lipinski definition) is 3. The molecule has 0 fully saturated rings. The van der Waals surface area contributed by atoms with Gasteiger partial charge in [-0.15, -0.1) is 0 Å². The van der Waals surface area contributed by atoms with E-state index in [4.69, 9.17) is 4.42 Å². The van der Waals surface area contributed by atoms with E-state index in [-0.39, 0.29) is 0 Å². The lowest BCUT2D eigenvalue weighted by atomic mass is 10.2. The molecule has 0 aliphatic heterocycles. The van der Waals surface area contributed by atoms with E-state index >= 15 is 0 Å². The smallest absolute Gasteiger partial charge is 0.156 e. The predicted molar refractivity (Wildman–Crippen MR) is 51.5 cm³/mol. The van der Waals surface area contributed by atoms with Crippen molar-refractivity contribution in [1.82, 2.24) is 10.3 Å². The lowest BCUT2D eigenvalue weighted by molar-refractivity contribution is 0.603. The van der Waals surface area contributed by atoms with E-state index in [0.717, 1.165) is 28.9 Å². The highest BCUT2D eigenvalue weighted by Gasteiger charge is 2.05. The molecule has 0 bridgehead atoms. The van der Waals surface area contributed by atoms with Gasteiger partial charge in [0.05, 0.1) is 12.0 Å². The number of furan rings is 1. The second-order valence-corrected chi connectivity index (χ2v) is 3.08. The van der Waals surface area contributed by atoms with Crippen molar-refractivity contribution in [2.24, 2.45) is 0 Å². The van der Waals surface area contributed by atoms with Gasteiger partial charge in [0.25, 0.3) is 0 Å². The fourth-order valence-electron chi connectivity index (χ4n) is 1.48. The van der Waals surface area contributed by atoms with Crippen molar-refractivity contribution >= 4 is 11.0 Å². The molecule has 0 unspecified atom stereocenters. The number of pyridine rings is 1. The molecule has 13 heavy (non-hydrogen) atoms. The molecule has 0 aromatic carbocycles. The fraction of sp³-hybridized carbons (Fsp3) is 0.300. The van der Waals surface area contributed by atoms with Crippen molar-refractivity contribution in [2.75, 3.05) is 7.05 Å². The molecule has 0 aliphatic rings. The third kappa shape index (κ3) is 1.42. The van der Waals surface area contributed by atoms with Crippen molar-refractivity contribution < 1.29 is 4.42 Å². The maximum Gasteiger partial charge on any atom is 0.156 e. The molecule has 1 N–H and O–H groups in total. The van der Waals surface area contributed by atoms with Crippen LogP contribution in [-0.4, -0.2) is 12.0 Å². The minimum absolute atomic E-state index is 0.742. The molecule has 0 saturated heterocycles. The number of fused-ring (bicyclic) bond motifs is 1. The molecule has 0 aliphatic carbocycles. The number of rotatable bonds is 2. The zero-order chi connectivity index (χ0) is 9.26. The van der Waals surface area contributed by atoms with E-state index in [9.17, 15) is 0 Å². The Morgan fingerprint density at radius 1 is 1.54 bits per heavy atom. The van der Waals surface area contributed by atoms with E-state index in [1.165, 1.54) is 0 Å². The van der Waals surface area contributed by atoms with Crippen molar-refractivity contribution in [2.45, 2.75) is 13.5 Å². The Bertz CT molecular complexity index is 420. The summed E-state index contributed by atoms with van der Waals surface area (Å²) >= 11 is 0. The Morgan fingerprint density at radius 2 is 2.38 bits per heavy atom. The van der Waals surface area contributed by atoms with E-state index < -0.39 is 0 Å². The van der Waals surface area contributed by atoms with Crippen LogP contribution in [0.2, 0.25) is 0 Å². The molecule has 0 radical (unpaired) electrons. The lowest BCUT2D eigenvalue weighted by Gasteiger charge is -2.01. The molecule has 3 heteroatoms. The minimum atomic E-state index is 0.742. The normalized spacial score (nSPS) is 10.9. The summed E-state index contributed by atoms with van der Waals surface area (Å²) in [5.74, 6) is 0. The standard InChI is InChI=1S/C10H12N2O/c1-7-5-8-3-4-13-10(8)9(12-7)6-11-2/h3-5,11H,6H2,1-2H3. The summed E-state index contributed by atoms with van der Waals surface area (Å²) in [6, 6.07) is 3.99. The Kier molecular flexibility index (Phi) is 2.02. The molecule has 2 rings (SSSR count). The monoisotopic (exact) mass is 176 g/mol. The van der Waals surface area contributed by atoms with Gasteiger partial charge >= 0.3 is 0 Å². The molecule has 2 heterocycles. The van der Waals surface area contributed by atoms with Crippen LogP contribution in [0.5, 0.6) is 0 Å². The average Bonchev–Trinajstić information content (AvgIpc) is 2.52. The van der Waals surface area contributed by atoms with Crippen LogP contribution in [0.15, 0.2) is 22.8 Å². The molecular formula is C10H12N2O. The van der Waals surface area contributed by atoms with E-state index in [1.54, 1.807) is 6.26 Å². The molecule has 0 saturated carbocycles. The SMILES string of the molecule is CNCc1nc(C)cc2ccoc12. The summed E-state index contributed by atoms with van der Waals surface area (Å²) in [5, 5.41) is 4.19. The topological polar surface area (TPSA) is 38.1 Å². The van der Waals surface area contributed by atoms with Crippen molar-refractivity contribution in [3.63, 3.8) is 0 Å². The molecule has 2 aromatic heterocycles. The molecule has 2 aromatic rings. The summed E-state index contributed by atoms with van der Waals surface area (Å²) in [6.45, 7) is 2.73. The third-order valence-electron chi connectivity index (χ3n) is 1.98. The van der Waals surface area contributed by atoms with E-state index in [2.05, 4.69) is 10.3 Å². The van der Waals surface area contributed by atoms with Gasteiger partial charge in [-0.05, 0) is 26.1 Å². The first kappa shape index (κ1) is 8.26. The van der Waals surface area contributed by atoms with Crippen LogP contribution in [0.1, 0.15) is 11.4 Å². The first-order valence-electron chi connectivity index (χ1n) is 4.29. The van der Waals surface area contributed by atoms with E-state index in [0.29, 0.717) is 0 Å². The highest BCUT2D eigenvalue weighted by Crippen LogP contribution is 2.19. The maximum atomic E-state index is 5.35. The second-order valence-electron chi connectivity index (χ2n) is 3.08. The Morgan fingerprint density at radius 3 is 3.15 bits per heavy atom. The van der Waals surface area contributed by atoms with Gasteiger partial charge in [-0.25, -0.2) is 0 Å². The lowest BCUT2D eigenvalue weighted by Crippen LogP contribution is -2.07. The van der Waals surface area contributed by atoms with Crippen molar-refractivity contribution in [3.05, 3.63) is 29.8 Å². The highest BCUT2D eigenvalue weighted by atomic mass is 16.3. The van der Waals surface area contributed by atoms with Crippen molar-refractivity contribution in [1.29, 1.82) is 0 Å². The van der Waals surface area contributed by atoms with Crippen LogP contribution in [0.3, 0.4) is 0 Å². The van der Waals surface area contributed by atoms with Gasteiger partial charge in [0.1, 0.15) is 0 Å². The predicted octanol–water partition coefficient (Wildman–Crippen LogP) is 1.86. The number of aromatic nitrogens is 1. The number of aryl methyl sites for hydroxylation is 1. The first-order chi connectivity index (χ1) is 6.31. The summed E-state index contributed by atoms with van der Waals surface area (Å²) in [4.78, 5) is 4.41. The first-order valence-corrected chi connectivity index (χ1v) is 4.29. The van der Waals surface area contributed by atoms with Crippen LogP contribution >= 0.6 is 0 Å². The van der Waals surface area contributed by atoms with Crippen LogP contribution < -0.4 is 5.32 Å². The highest BCUT2D eigenvalue weighted by molar-refractivity contribution is 5.79.